The van der Waals surface area contributed by atoms with E-state index in [4.69, 9.17) is 0 Å². The lowest BCUT2D eigenvalue weighted by Crippen LogP contribution is -2.36. The Morgan fingerprint density at radius 2 is 1.93 bits per heavy atom. The van der Waals surface area contributed by atoms with E-state index >= 15 is 0 Å². The third-order valence-electron chi connectivity index (χ3n) is 5.22. The lowest BCUT2D eigenvalue weighted by molar-refractivity contribution is -0.121. The number of carbonyl (C=O) groups excluding carboxylic acids is 1. The molecular formula is C21H23N5O3. The van der Waals surface area contributed by atoms with E-state index in [1.807, 2.05) is 6.07 Å². The molecule has 2 aromatic heterocycles. The average molecular weight is 393 g/mol. The molecule has 0 saturated heterocycles. The normalized spacial score (nSPS) is 13.7. The molecule has 1 amide bonds. The Balaban J connectivity index is 1.39. The maximum Gasteiger partial charge on any atom is 0.267 e. The van der Waals surface area contributed by atoms with Crippen LogP contribution in [-0.2, 0) is 30.7 Å². The third-order valence-corrected chi connectivity index (χ3v) is 5.22. The molecule has 3 aromatic rings. The number of hydrogen-bond acceptors (Lipinski definition) is 5. The summed E-state index contributed by atoms with van der Waals surface area (Å²) in [7, 11) is 0. The highest BCUT2D eigenvalue weighted by molar-refractivity contribution is 5.77. The topological polar surface area (TPSA) is 98.9 Å². The summed E-state index contributed by atoms with van der Waals surface area (Å²) in [6.07, 6.45) is 6.46. The smallest absolute Gasteiger partial charge is 0.267 e. The number of nitrogens with one attached hydrogen (secondary N) is 1. The zero-order valence-electron chi connectivity index (χ0n) is 16.1. The summed E-state index contributed by atoms with van der Waals surface area (Å²) >= 11 is 0. The van der Waals surface area contributed by atoms with Gasteiger partial charge in [-0.15, -0.1) is 0 Å². The number of rotatable bonds is 5. The van der Waals surface area contributed by atoms with Gasteiger partial charge < -0.3 is 5.32 Å². The van der Waals surface area contributed by atoms with Crippen LogP contribution in [0, 0.1) is 0 Å². The minimum Gasteiger partial charge on any atom is -0.353 e. The maximum atomic E-state index is 12.5. The van der Waals surface area contributed by atoms with Gasteiger partial charge in [0.25, 0.3) is 11.1 Å². The summed E-state index contributed by atoms with van der Waals surface area (Å²) in [6.45, 7) is 0.435. The second-order valence-corrected chi connectivity index (χ2v) is 7.28. The molecule has 0 bridgehead atoms. The van der Waals surface area contributed by atoms with Crippen molar-refractivity contribution in [3.63, 3.8) is 0 Å². The van der Waals surface area contributed by atoms with Crippen molar-refractivity contribution in [3.8, 4) is 0 Å². The summed E-state index contributed by atoms with van der Waals surface area (Å²) in [5.74, 6) is -0.310. The molecule has 1 aliphatic rings. The molecule has 0 saturated carbocycles. The van der Waals surface area contributed by atoms with Crippen molar-refractivity contribution in [2.75, 3.05) is 6.54 Å². The standard InChI is InChI=1S/C21H23N5O3/c27-19(13-26-20(28)12-15-6-2-1-3-8-17(15)24-26)22-10-11-25-14-23-18-9-5-4-7-16(18)21(25)29/h4-5,7,9,12,14H,1-3,6,8,10-11,13H2,(H,22,27). The van der Waals surface area contributed by atoms with Gasteiger partial charge in [0.2, 0.25) is 5.91 Å². The number of aryl methyl sites for hydroxylation is 2. The Bertz CT molecular complexity index is 1160. The molecular weight excluding hydrogens is 370 g/mol. The number of amides is 1. The Hall–Kier alpha value is -3.29. The van der Waals surface area contributed by atoms with E-state index in [9.17, 15) is 14.4 Å². The Morgan fingerprint density at radius 1 is 1.10 bits per heavy atom. The van der Waals surface area contributed by atoms with Crippen molar-refractivity contribution in [1.29, 1.82) is 0 Å². The van der Waals surface area contributed by atoms with Crippen LogP contribution >= 0.6 is 0 Å². The maximum absolute atomic E-state index is 12.5. The predicted octanol–water partition coefficient (Wildman–Crippen LogP) is 1.04. The Labute approximate surface area is 167 Å². The second kappa shape index (κ2) is 8.38. The van der Waals surface area contributed by atoms with Crippen LogP contribution in [0.5, 0.6) is 0 Å². The van der Waals surface area contributed by atoms with Crippen molar-refractivity contribution in [3.05, 3.63) is 68.6 Å². The molecule has 0 spiro atoms. The fourth-order valence-electron chi connectivity index (χ4n) is 3.66. The summed E-state index contributed by atoms with van der Waals surface area (Å²) < 4.78 is 2.69. The highest BCUT2D eigenvalue weighted by Crippen LogP contribution is 2.16. The van der Waals surface area contributed by atoms with Crippen LogP contribution in [0.2, 0.25) is 0 Å². The van der Waals surface area contributed by atoms with Gasteiger partial charge in [-0.1, -0.05) is 18.6 Å². The van der Waals surface area contributed by atoms with Crippen molar-refractivity contribution in [2.45, 2.75) is 45.2 Å². The molecule has 150 valence electrons. The first-order valence-corrected chi connectivity index (χ1v) is 9.92. The molecule has 8 nitrogen and oxygen atoms in total. The number of benzene rings is 1. The number of para-hydroxylation sites is 1. The van der Waals surface area contributed by atoms with Crippen LogP contribution < -0.4 is 16.4 Å². The van der Waals surface area contributed by atoms with Crippen LogP contribution in [0.3, 0.4) is 0 Å². The molecule has 8 heteroatoms. The van der Waals surface area contributed by atoms with Crippen LogP contribution in [0.15, 0.2) is 46.2 Å². The zero-order valence-corrected chi connectivity index (χ0v) is 16.1. The van der Waals surface area contributed by atoms with E-state index in [0.29, 0.717) is 17.4 Å². The molecule has 0 radical (unpaired) electrons. The molecule has 0 aliphatic heterocycles. The molecule has 4 rings (SSSR count). The first kappa shape index (κ1) is 19.0. The molecule has 0 unspecified atom stereocenters. The Kier molecular flexibility index (Phi) is 5.50. The quantitative estimate of drug-likeness (QED) is 0.653. The third kappa shape index (κ3) is 4.26. The van der Waals surface area contributed by atoms with Gasteiger partial charge in [-0.2, -0.15) is 5.10 Å². The van der Waals surface area contributed by atoms with E-state index in [-0.39, 0.29) is 30.1 Å². The van der Waals surface area contributed by atoms with E-state index < -0.39 is 0 Å². The van der Waals surface area contributed by atoms with Crippen LogP contribution in [0.1, 0.15) is 30.5 Å². The van der Waals surface area contributed by atoms with Crippen LogP contribution in [-0.4, -0.2) is 31.8 Å². The average Bonchev–Trinajstić information content (AvgIpc) is 2.95. The number of nitrogens with zero attached hydrogens (tertiary/aromatic N) is 4. The summed E-state index contributed by atoms with van der Waals surface area (Å²) in [5, 5.41) is 7.70. The molecule has 1 aromatic carbocycles. The van der Waals surface area contributed by atoms with E-state index in [2.05, 4.69) is 15.4 Å². The van der Waals surface area contributed by atoms with Crippen molar-refractivity contribution in [1.82, 2.24) is 24.6 Å². The van der Waals surface area contributed by atoms with Gasteiger partial charge >= 0.3 is 0 Å². The van der Waals surface area contributed by atoms with Gasteiger partial charge in [0, 0.05) is 19.2 Å². The van der Waals surface area contributed by atoms with Gasteiger partial charge in [-0.05, 0) is 43.4 Å². The lowest BCUT2D eigenvalue weighted by atomic mass is 10.1. The number of aromatic nitrogens is 4. The first-order valence-electron chi connectivity index (χ1n) is 9.92. The second-order valence-electron chi connectivity index (χ2n) is 7.28. The summed E-state index contributed by atoms with van der Waals surface area (Å²) in [6, 6.07) is 8.76. The summed E-state index contributed by atoms with van der Waals surface area (Å²) in [4.78, 5) is 41.3. The van der Waals surface area contributed by atoms with Crippen molar-refractivity contribution in [2.24, 2.45) is 0 Å². The minimum atomic E-state index is -0.310. The van der Waals surface area contributed by atoms with Crippen molar-refractivity contribution < 1.29 is 4.79 Å². The predicted molar refractivity (Wildman–Crippen MR) is 109 cm³/mol. The molecule has 1 N–H and O–H groups in total. The molecule has 2 heterocycles. The molecule has 1 aliphatic carbocycles. The first-order chi connectivity index (χ1) is 14.1. The SMILES string of the molecule is O=C(Cn1nc2c(cc1=O)CCCCC2)NCCn1cnc2ccccc2c1=O. The highest BCUT2D eigenvalue weighted by atomic mass is 16.2. The lowest BCUT2D eigenvalue weighted by Gasteiger charge is -2.11. The molecule has 0 atom stereocenters. The fraction of sp³-hybridized carbons (Fsp3) is 0.381. The van der Waals surface area contributed by atoms with Gasteiger partial charge in [-0.3, -0.25) is 19.0 Å². The van der Waals surface area contributed by atoms with E-state index in [1.165, 1.54) is 15.6 Å². The molecule has 0 fully saturated rings. The minimum absolute atomic E-state index is 0.128. The fourth-order valence-corrected chi connectivity index (χ4v) is 3.66. The zero-order chi connectivity index (χ0) is 20.2. The summed E-state index contributed by atoms with van der Waals surface area (Å²) in [5.41, 5.74) is 2.17. The van der Waals surface area contributed by atoms with Crippen LogP contribution in [0.25, 0.3) is 10.9 Å². The van der Waals surface area contributed by atoms with Crippen molar-refractivity contribution >= 4 is 16.8 Å². The largest absolute Gasteiger partial charge is 0.353 e. The van der Waals surface area contributed by atoms with Crippen LogP contribution in [0.4, 0.5) is 0 Å². The highest BCUT2D eigenvalue weighted by Gasteiger charge is 2.14. The molecule has 29 heavy (non-hydrogen) atoms. The van der Waals surface area contributed by atoms with E-state index in [1.54, 1.807) is 24.3 Å². The Morgan fingerprint density at radius 3 is 2.83 bits per heavy atom. The number of hydrogen-bond donors (Lipinski definition) is 1. The van der Waals surface area contributed by atoms with Gasteiger partial charge in [0.1, 0.15) is 6.54 Å². The van der Waals surface area contributed by atoms with Gasteiger partial charge in [0.15, 0.2) is 0 Å². The monoisotopic (exact) mass is 393 g/mol. The van der Waals surface area contributed by atoms with E-state index in [0.717, 1.165) is 43.4 Å². The van der Waals surface area contributed by atoms with Gasteiger partial charge in [-0.25, -0.2) is 9.67 Å². The number of fused-ring (bicyclic) bond motifs is 2. The number of carbonyl (C=O) groups is 1. The van der Waals surface area contributed by atoms with Gasteiger partial charge in [0.05, 0.1) is 22.9 Å².